The molecule has 0 radical (unpaired) electrons. The van der Waals surface area contributed by atoms with Gasteiger partial charge in [-0.1, -0.05) is 79.7 Å². The number of epoxide rings is 3. The van der Waals surface area contributed by atoms with Crippen molar-refractivity contribution in [2.24, 2.45) is 51.8 Å². The maximum absolute atomic E-state index is 9.60. The van der Waals surface area contributed by atoms with E-state index in [-0.39, 0.29) is 132 Å². The number of halogens is 4. The molecule has 0 aromatic heterocycles. The van der Waals surface area contributed by atoms with Crippen LogP contribution in [0.4, 0.5) is 0 Å². The number of hydrogen-bond donors (Lipinski definition) is 6. The Labute approximate surface area is 640 Å². The summed E-state index contributed by atoms with van der Waals surface area (Å²) in [4.78, 5) is 0. The van der Waals surface area contributed by atoms with Crippen LogP contribution in [0.5, 0.6) is 11.5 Å². The minimum atomic E-state index is -0.552. The fourth-order valence-electron chi connectivity index (χ4n) is 16.0. The van der Waals surface area contributed by atoms with Crippen LogP contribution >= 0.6 is 34.8 Å². The van der Waals surface area contributed by atoms with E-state index in [1.54, 1.807) is 24.3 Å². The van der Waals surface area contributed by atoms with Gasteiger partial charge < -0.3 is 81.7 Å². The van der Waals surface area contributed by atoms with Crippen LogP contribution in [-0.4, -0.2) is 167 Å². The van der Waals surface area contributed by atoms with Crippen molar-refractivity contribution < 1.29 is 142 Å². The molecule has 7 N–H and O–H groups in total. The Morgan fingerprint density at radius 1 is 0.411 bits per heavy atom. The molecular weight excluding hydrogens is 1310 g/mol. The Hall–Kier alpha value is 0.720. The van der Waals surface area contributed by atoms with Crippen LogP contribution in [0, 0.1) is 51.8 Å². The standard InChI is InChI=1S/C21H38Cl2O4.C21H36O4.C15H28O2.C15H16O2.C3H5ClO.ClH.2Na.H2O.H2/c1-21(2,15-3-7-19(8-4-15)26-13-17(24)11-22)16-5-9-20(10-6-16)27-14-18(25)12-23;1-21(2,15-3-7-17(8-4-15)22-11-19-13-24-19)16-5-9-18(10-6-16)23-12-20-14-25-20;2*1-15(2,11-3-7-13(16)8-4-11)12-5-9-14(17)10-6-12;4-1-3-2-5-3;;;;;/h15-20,24-25H,3-14H2,1-2H3;15-20H,3-14H2,1-2H3;11-14,16-17H,3-10H2,1-2H3;3-10,16-17H,1-2H3;3H,1-2H2;1H;;;1H2;1H/q;;;;;;2*+1;;/p-2. The fourth-order valence-corrected chi connectivity index (χ4v) is 16.4. The third-order valence-corrected chi connectivity index (χ3v) is 24.5. The van der Waals surface area contributed by atoms with Gasteiger partial charge in [0.05, 0.1) is 119 Å². The van der Waals surface area contributed by atoms with Gasteiger partial charge in [-0.05, 0) is 241 Å². The Bertz CT molecular complexity index is 2150. The van der Waals surface area contributed by atoms with E-state index < -0.39 is 12.2 Å². The minimum Gasteiger partial charge on any atom is -1.00 e. The van der Waals surface area contributed by atoms with E-state index in [2.05, 4.69) is 55.4 Å². The summed E-state index contributed by atoms with van der Waals surface area (Å²) in [6.45, 7) is 24.0. The molecule has 9 aliphatic rings. The van der Waals surface area contributed by atoms with Crippen LogP contribution in [0.1, 0.15) is 222 Å². The summed E-state index contributed by atoms with van der Waals surface area (Å²) < 4.78 is 39.0. The van der Waals surface area contributed by atoms with Gasteiger partial charge in [-0.3, -0.25) is 0 Å². The van der Waals surface area contributed by atoms with E-state index in [1.165, 1.54) is 103 Å². The number of ether oxygens (including phenoxy) is 7. The van der Waals surface area contributed by atoms with Gasteiger partial charge in [0.15, 0.2) is 0 Å². The second kappa shape index (κ2) is 44.5. The zero-order chi connectivity index (χ0) is 65.8. The summed E-state index contributed by atoms with van der Waals surface area (Å²) in [7, 11) is 0. The molecule has 5 atom stereocenters. The first kappa shape index (κ1) is 89.9. The second-order valence-electron chi connectivity index (χ2n) is 31.1. The number of hydrogen-bond acceptors (Lipinski definition) is 14. The molecule has 540 valence electrons. The van der Waals surface area contributed by atoms with Gasteiger partial charge in [-0.25, -0.2) is 0 Å². The summed E-state index contributed by atoms with van der Waals surface area (Å²) in [5.41, 5.74) is 3.28. The summed E-state index contributed by atoms with van der Waals surface area (Å²) in [5, 5.41) is 56.9. The van der Waals surface area contributed by atoms with Crippen LogP contribution in [0.2, 0.25) is 0 Å². The van der Waals surface area contributed by atoms with Crippen molar-refractivity contribution in [1.29, 1.82) is 0 Å². The van der Waals surface area contributed by atoms with E-state index >= 15 is 0 Å². The first-order valence-corrected chi connectivity index (χ1v) is 37.3. The van der Waals surface area contributed by atoms with Gasteiger partial charge in [0.25, 0.3) is 0 Å². The van der Waals surface area contributed by atoms with Crippen molar-refractivity contribution in [3.05, 3.63) is 59.7 Å². The Balaban J connectivity index is 0.000000424. The summed E-state index contributed by atoms with van der Waals surface area (Å²) in [5.74, 6) is 6.40. The van der Waals surface area contributed by atoms with Crippen LogP contribution in [0.15, 0.2) is 48.5 Å². The number of aliphatic hydroxyl groups excluding tert-OH is 4. The molecule has 6 aliphatic carbocycles. The third kappa shape index (κ3) is 30.4. The van der Waals surface area contributed by atoms with E-state index in [0.29, 0.717) is 65.9 Å². The number of aromatic hydroxyl groups is 2. The van der Waals surface area contributed by atoms with Crippen molar-refractivity contribution in [3.8, 4) is 11.5 Å². The molecular formula is C75H126Cl4Na2O14. The van der Waals surface area contributed by atoms with E-state index in [1.807, 2.05) is 24.3 Å². The fraction of sp³-hybridized carbons (Fsp3) is 0.840. The molecule has 14 nitrogen and oxygen atoms in total. The molecule has 0 spiro atoms. The Morgan fingerprint density at radius 3 is 0.853 bits per heavy atom. The van der Waals surface area contributed by atoms with E-state index in [4.69, 9.17) is 68.0 Å². The van der Waals surface area contributed by atoms with Crippen molar-refractivity contribution >= 4 is 34.8 Å². The predicted octanol–water partition coefficient (Wildman–Crippen LogP) is 6.57. The van der Waals surface area contributed by atoms with Gasteiger partial charge in [0.2, 0.25) is 0 Å². The van der Waals surface area contributed by atoms with Crippen LogP contribution in [-0.2, 0) is 38.6 Å². The van der Waals surface area contributed by atoms with Gasteiger partial charge in [0, 0.05) is 6.84 Å². The minimum absolute atomic E-state index is 0. The zero-order valence-electron chi connectivity index (χ0n) is 60.0. The number of rotatable bonds is 23. The number of benzene rings is 2. The van der Waals surface area contributed by atoms with Crippen molar-refractivity contribution in [2.75, 3.05) is 63.9 Å². The third-order valence-electron chi connectivity index (χ3n) is 23.4. The van der Waals surface area contributed by atoms with Gasteiger partial charge in [-0.2, -0.15) is 0 Å². The quantitative estimate of drug-likeness (QED) is 0.0394. The van der Waals surface area contributed by atoms with Crippen molar-refractivity contribution in [1.82, 2.24) is 0 Å². The SMILES string of the molecule is CC(C)(C1CCC(O)CC1)C1CCC(O)CC1.CC(C)(C1CCC(OCC(O)CCl)CC1)C1CCC(OCC(O)CCl)CC1.CC(C)(C1CCC(OCC2CO2)CC1)C1CCC(OCC2CO2)CC1.CC(C)(c1ccc(O)cc1)c1ccc(O)cc1.ClCC1CO1.[Cl-].[HH].[Na+].[Na+].[OH-]. The smallest absolute Gasteiger partial charge is 1.00 e. The molecule has 3 aliphatic heterocycles. The largest absolute Gasteiger partial charge is 1.00 e. The number of aliphatic hydroxyl groups is 4. The molecule has 11 rings (SSSR count). The molecule has 2 aromatic carbocycles. The Kier molecular flexibility index (Phi) is 42.1. The normalized spacial score (nSPS) is 31.1. The molecule has 0 amide bonds. The maximum atomic E-state index is 9.60. The van der Waals surface area contributed by atoms with E-state index in [0.717, 1.165) is 131 Å². The van der Waals surface area contributed by atoms with Gasteiger partial charge >= 0.3 is 59.1 Å². The van der Waals surface area contributed by atoms with Crippen LogP contribution in [0.3, 0.4) is 0 Å². The topological polar surface area (TPSA) is 226 Å². The monoisotopic (exact) mass is 1440 g/mol. The predicted molar refractivity (Wildman–Crippen MR) is 370 cm³/mol. The summed E-state index contributed by atoms with van der Waals surface area (Å²) >= 11 is 16.5. The van der Waals surface area contributed by atoms with Crippen molar-refractivity contribution in [2.45, 2.75) is 282 Å². The first-order chi connectivity index (χ1) is 43.4. The molecule has 2 aromatic rings. The van der Waals surface area contributed by atoms with E-state index in [9.17, 15) is 30.6 Å². The van der Waals surface area contributed by atoms with Gasteiger partial charge in [-0.15, -0.1) is 34.8 Å². The molecule has 95 heavy (non-hydrogen) atoms. The summed E-state index contributed by atoms with van der Waals surface area (Å²) in [6, 6.07) is 14.4. The van der Waals surface area contributed by atoms with Gasteiger partial charge in [0.1, 0.15) is 23.7 Å². The zero-order valence-corrected chi connectivity index (χ0v) is 67.0. The van der Waals surface area contributed by atoms with Crippen LogP contribution in [0.25, 0.3) is 0 Å². The number of alkyl halides is 3. The Morgan fingerprint density at radius 2 is 0.642 bits per heavy atom. The molecule has 20 heteroatoms. The average Bonchev–Trinajstić information content (AvgIpc) is 1.27. The van der Waals surface area contributed by atoms with Crippen LogP contribution < -0.4 is 71.5 Å². The first-order valence-electron chi connectivity index (χ1n) is 35.7. The molecule has 3 saturated heterocycles. The second-order valence-corrected chi connectivity index (χ2v) is 32.0. The molecule has 6 saturated carbocycles. The number of phenolic OH excluding ortho intramolecular Hbond substituents is 2. The average molecular weight is 1440 g/mol. The number of phenols is 2. The summed E-state index contributed by atoms with van der Waals surface area (Å²) in [6.07, 6.45) is 29.6. The molecule has 9 fully saturated rings. The molecule has 3 heterocycles. The van der Waals surface area contributed by atoms with Crippen molar-refractivity contribution in [3.63, 3.8) is 0 Å². The molecule has 0 bridgehead atoms. The molecule has 5 unspecified atom stereocenters. The maximum Gasteiger partial charge on any atom is 1.00 e.